The fourth-order valence-corrected chi connectivity index (χ4v) is 1.98. The van der Waals surface area contributed by atoms with Crippen LogP contribution in [-0.2, 0) is 11.3 Å². The van der Waals surface area contributed by atoms with Gasteiger partial charge in [-0.15, -0.1) is 22.6 Å². The number of carbonyl (C=O) groups is 1. The number of benzene rings is 1. The number of hydrogen-bond acceptors (Lipinski definition) is 7. The van der Waals surface area contributed by atoms with Crippen LogP contribution in [0.15, 0.2) is 18.2 Å². The monoisotopic (exact) mass is 389 g/mol. The molecule has 0 unspecified atom stereocenters. The van der Waals surface area contributed by atoms with Gasteiger partial charge in [0.15, 0.2) is 0 Å². The zero-order valence-electron chi connectivity index (χ0n) is 14.4. The standard InChI is InChI=1S/C15H20ClN5O3.ClH/c1-10-5-6-11(9-12(10)16)17-13-14(24-15(22)23-4)19-21(18-13)8-7-20(2)3;/h5-6,9H,7-8H2,1-4H3,(H,17,18);1H. The normalized spacial score (nSPS) is 10.3. The number of hydrogen-bond donors (Lipinski definition) is 1. The molecule has 1 aromatic carbocycles. The number of aryl methyl sites for hydroxylation is 1. The average molecular weight is 390 g/mol. The molecule has 1 heterocycles. The van der Waals surface area contributed by atoms with Gasteiger partial charge in [-0.1, -0.05) is 17.7 Å². The summed E-state index contributed by atoms with van der Waals surface area (Å²) < 4.78 is 9.55. The van der Waals surface area contributed by atoms with Gasteiger partial charge in [-0.05, 0) is 38.7 Å². The van der Waals surface area contributed by atoms with Crippen molar-refractivity contribution in [1.82, 2.24) is 19.9 Å². The number of ether oxygens (including phenoxy) is 2. The third-order valence-electron chi connectivity index (χ3n) is 3.15. The molecule has 8 nitrogen and oxygen atoms in total. The van der Waals surface area contributed by atoms with Crippen molar-refractivity contribution in [3.05, 3.63) is 28.8 Å². The molecule has 2 aromatic rings. The molecule has 1 aromatic heterocycles. The van der Waals surface area contributed by atoms with Crippen LogP contribution in [0.25, 0.3) is 0 Å². The molecule has 2 rings (SSSR count). The second-order valence-corrected chi connectivity index (χ2v) is 5.81. The number of nitrogens with zero attached hydrogens (tertiary/aromatic N) is 4. The molecule has 0 spiro atoms. The van der Waals surface area contributed by atoms with Crippen molar-refractivity contribution in [3.8, 4) is 5.88 Å². The van der Waals surface area contributed by atoms with Crippen molar-refractivity contribution in [3.63, 3.8) is 0 Å². The van der Waals surface area contributed by atoms with Gasteiger partial charge in [0.25, 0.3) is 5.88 Å². The Bertz CT molecular complexity index is 721. The van der Waals surface area contributed by atoms with Crippen molar-refractivity contribution >= 4 is 41.7 Å². The minimum atomic E-state index is -0.861. The van der Waals surface area contributed by atoms with Crippen LogP contribution in [0.2, 0.25) is 5.02 Å². The molecule has 0 radical (unpaired) electrons. The zero-order valence-corrected chi connectivity index (χ0v) is 16.0. The molecule has 0 fully saturated rings. The molecule has 1 N–H and O–H groups in total. The fourth-order valence-electron chi connectivity index (χ4n) is 1.80. The van der Waals surface area contributed by atoms with Crippen molar-refractivity contribution < 1.29 is 14.3 Å². The van der Waals surface area contributed by atoms with E-state index in [1.54, 1.807) is 6.07 Å². The Morgan fingerprint density at radius 3 is 2.68 bits per heavy atom. The number of anilines is 2. The lowest BCUT2D eigenvalue weighted by Crippen LogP contribution is -2.19. The summed E-state index contributed by atoms with van der Waals surface area (Å²) in [5.41, 5.74) is 1.67. The summed E-state index contributed by atoms with van der Waals surface area (Å²) in [6, 6.07) is 5.49. The third-order valence-corrected chi connectivity index (χ3v) is 3.56. The van der Waals surface area contributed by atoms with Crippen LogP contribution in [0.1, 0.15) is 5.56 Å². The van der Waals surface area contributed by atoms with Gasteiger partial charge in [-0.25, -0.2) is 4.79 Å². The van der Waals surface area contributed by atoms with Gasteiger partial charge in [-0.3, -0.25) is 0 Å². The first-order valence-corrected chi connectivity index (χ1v) is 7.65. The Labute approximate surface area is 157 Å². The van der Waals surface area contributed by atoms with E-state index < -0.39 is 6.16 Å². The quantitative estimate of drug-likeness (QED) is 0.759. The Balaban J connectivity index is 0.00000312. The molecule has 0 aliphatic heterocycles. The van der Waals surface area contributed by atoms with Gasteiger partial charge < -0.3 is 19.7 Å². The fraction of sp³-hybridized carbons (Fsp3) is 0.400. The highest BCUT2D eigenvalue weighted by atomic mass is 35.5. The first-order chi connectivity index (χ1) is 11.4. The highest BCUT2D eigenvalue weighted by molar-refractivity contribution is 6.31. The van der Waals surface area contributed by atoms with E-state index in [-0.39, 0.29) is 18.3 Å². The minimum absolute atomic E-state index is 0. The Morgan fingerprint density at radius 2 is 2.08 bits per heavy atom. The number of carbonyl (C=O) groups excluding carboxylic acids is 1. The second-order valence-electron chi connectivity index (χ2n) is 5.40. The molecule has 0 saturated carbocycles. The molecule has 0 amide bonds. The molecular formula is C15H21Cl2N5O3. The van der Waals surface area contributed by atoms with Crippen LogP contribution in [-0.4, -0.2) is 53.8 Å². The van der Waals surface area contributed by atoms with Crippen LogP contribution in [0.5, 0.6) is 5.88 Å². The van der Waals surface area contributed by atoms with E-state index >= 15 is 0 Å². The Morgan fingerprint density at radius 1 is 1.36 bits per heavy atom. The van der Waals surface area contributed by atoms with Gasteiger partial charge in [-0.2, -0.15) is 4.80 Å². The predicted molar refractivity (Wildman–Crippen MR) is 98.3 cm³/mol. The maximum Gasteiger partial charge on any atom is 0.515 e. The number of halogens is 2. The van der Waals surface area contributed by atoms with E-state index in [0.717, 1.165) is 12.1 Å². The SMILES string of the molecule is COC(=O)Oc1nn(CCN(C)C)nc1Nc1ccc(C)c(Cl)c1.Cl. The summed E-state index contributed by atoms with van der Waals surface area (Å²) in [6.45, 7) is 3.19. The lowest BCUT2D eigenvalue weighted by Gasteiger charge is -2.07. The molecule has 0 aliphatic carbocycles. The topological polar surface area (TPSA) is 81.5 Å². The number of nitrogens with one attached hydrogen (secondary N) is 1. The van der Waals surface area contributed by atoms with Crippen molar-refractivity contribution in [2.75, 3.05) is 33.1 Å². The van der Waals surface area contributed by atoms with Crippen LogP contribution in [0.3, 0.4) is 0 Å². The first-order valence-electron chi connectivity index (χ1n) is 7.28. The molecule has 0 aliphatic rings. The van der Waals surface area contributed by atoms with Crippen molar-refractivity contribution in [2.24, 2.45) is 0 Å². The zero-order chi connectivity index (χ0) is 17.7. The van der Waals surface area contributed by atoms with Gasteiger partial charge >= 0.3 is 6.16 Å². The number of methoxy groups -OCH3 is 1. The molecule has 25 heavy (non-hydrogen) atoms. The lowest BCUT2D eigenvalue weighted by atomic mass is 10.2. The Hall–Kier alpha value is -2.03. The number of likely N-dealkylation sites (N-methyl/N-ethyl adjacent to an activating group) is 1. The number of rotatable bonds is 6. The van der Waals surface area contributed by atoms with Crippen LogP contribution >= 0.6 is 24.0 Å². The van der Waals surface area contributed by atoms with Crippen molar-refractivity contribution in [1.29, 1.82) is 0 Å². The Kier molecular flexibility index (Phi) is 7.95. The smallest absolute Gasteiger partial charge is 0.437 e. The highest BCUT2D eigenvalue weighted by Crippen LogP contribution is 2.27. The molecular weight excluding hydrogens is 369 g/mol. The van der Waals surface area contributed by atoms with Gasteiger partial charge in [0.05, 0.1) is 13.7 Å². The predicted octanol–water partition coefficient (Wildman–Crippen LogP) is 3.11. The van der Waals surface area contributed by atoms with E-state index in [1.165, 1.54) is 11.9 Å². The van der Waals surface area contributed by atoms with E-state index in [2.05, 4.69) is 20.3 Å². The second kappa shape index (κ2) is 9.45. The average Bonchev–Trinajstić information content (AvgIpc) is 2.90. The third kappa shape index (κ3) is 6.08. The first kappa shape index (κ1) is 21.0. The molecule has 0 bridgehead atoms. The number of aromatic nitrogens is 3. The van der Waals surface area contributed by atoms with E-state index in [1.807, 2.05) is 38.1 Å². The van der Waals surface area contributed by atoms with E-state index in [0.29, 0.717) is 23.1 Å². The summed E-state index contributed by atoms with van der Waals surface area (Å²) in [6.07, 6.45) is -0.861. The molecule has 0 saturated heterocycles. The maximum atomic E-state index is 11.4. The van der Waals surface area contributed by atoms with Crippen molar-refractivity contribution in [2.45, 2.75) is 13.5 Å². The summed E-state index contributed by atoms with van der Waals surface area (Å²) in [5.74, 6) is 0.344. The largest absolute Gasteiger partial charge is 0.515 e. The van der Waals surface area contributed by atoms with Gasteiger partial charge in [0.1, 0.15) is 0 Å². The summed E-state index contributed by atoms with van der Waals surface area (Å²) in [4.78, 5) is 14.8. The maximum absolute atomic E-state index is 11.4. The van der Waals surface area contributed by atoms with Crippen LogP contribution in [0.4, 0.5) is 16.3 Å². The highest BCUT2D eigenvalue weighted by Gasteiger charge is 2.17. The summed E-state index contributed by atoms with van der Waals surface area (Å²) in [7, 11) is 5.12. The summed E-state index contributed by atoms with van der Waals surface area (Å²) >= 11 is 6.12. The lowest BCUT2D eigenvalue weighted by molar-refractivity contribution is 0.119. The van der Waals surface area contributed by atoms with E-state index in [9.17, 15) is 4.79 Å². The van der Waals surface area contributed by atoms with Gasteiger partial charge in [0, 0.05) is 17.3 Å². The summed E-state index contributed by atoms with van der Waals surface area (Å²) in [5, 5.41) is 12.1. The van der Waals surface area contributed by atoms with Gasteiger partial charge in [0.2, 0.25) is 5.82 Å². The molecule has 138 valence electrons. The van der Waals surface area contributed by atoms with E-state index in [4.69, 9.17) is 16.3 Å². The van der Waals surface area contributed by atoms with Crippen LogP contribution in [0, 0.1) is 6.92 Å². The minimum Gasteiger partial charge on any atom is -0.437 e. The molecule has 0 atom stereocenters. The molecule has 10 heteroatoms. The van der Waals surface area contributed by atoms with Crippen LogP contribution < -0.4 is 10.1 Å².